The maximum atomic E-state index is 12.2. The van der Waals surface area contributed by atoms with Gasteiger partial charge in [0.25, 0.3) is 10.2 Å². The summed E-state index contributed by atoms with van der Waals surface area (Å²) in [6.07, 6.45) is 0.818. The zero-order valence-electron chi connectivity index (χ0n) is 11.0. The molecule has 0 aromatic rings. The third-order valence-corrected chi connectivity index (χ3v) is 4.81. The van der Waals surface area contributed by atoms with Gasteiger partial charge in [0, 0.05) is 26.2 Å². The van der Waals surface area contributed by atoms with Gasteiger partial charge in [-0.1, -0.05) is 0 Å². The Balaban J connectivity index is 1.88. The van der Waals surface area contributed by atoms with E-state index in [0.717, 1.165) is 13.0 Å². The van der Waals surface area contributed by atoms with E-state index in [9.17, 15) is 8.42 Å². The molecular weight excluding hydrogens is 256 g/mol. The first kappa shape index (κ1) is 14.2. The number of rotatable bonds is 4. The second-order valence-corrected chi connectivity index (χ2v) is 6.91. The van der Waals surface area contributed by atoms with Crippen LogP contribution in [0.15, 0.2) is 0 Å². The van der Waals surface area contributed by atoms with E-state index in [-0.39, 0.29) is 12.2 Å². The molecule has 2 fully saturated rings. The van der Waals surface area contributed by atoms with Crippen molar-refractivity contribution in [2.24, 2.45) is 5.92 Å². The molecule has 106 valence electrons. The average Bonchev–Trinajstić information content (AvgIpc) is 2.78. The van der Waals surface area contributed by atoms with E-state index in [1.807, 2.05) is 13.8 Å². The zero-order chi connectivity index (χ0) is 13.2. The second kappa shape index (κ2) is 5.83. The van der Waals surface area contributed by atoms with Crippen LogP contribution >= 0.6 is 0 Å². The molecule has 18 heavy (non-hydrogen) atoms. The smallest absolute Gasteiger partial charge is 0.279 e. The Bertz CT molecular complexity index is 357. The van der Waals surface area contributed by atoms with Crippen molar-refractivity contribution in [2.45, 2.75) is 32.5 Å². The Morgan fingerprint density at radius 3 is 2.50 bits per heavy atom. The first-order valence-electron chi connectivity index (χ1n) is 6.45. The molecule has 0 aliphatic carbocycles. The molecule has 2 heterocycles. The Morgan fingerprint density at radius 2 is 1.94 bits per heavy atom. The van der Waals surface area contributed by atoms with Crippen LogP contribution in [0.2, 0.25) is 0 Å². The summed E-state index contributed by atoms with van der Waals surface area (Å²) in [4.78, 5) is 0. The van der Waals surface area contributed by atoms with Gasteiger partial charge in [-0.15, -0.1) is 0 Å². The summed E-state index contributed by atoms with van der Waals surface area (Å²) in [5, 5.41) is 0. The third-order valence-electron chi connectivity index (χ3n) is 3.30. The SMILES string of the molecule is C[C@@H]1CN(S(=O)(=O)NC[C@H]2CCOC2)C[C@@H](C)O1. The molecule has 6 nitrogen and oxygen atoms in total. The summed E-state index contributed by atoms with van der Waals surface area (Å²) in [6.45, 7) is 6.46. The van der Waals surface area contributed by atoms with Crippen LogP contribution in [0.5, 0.6) is 0 Å². The lowest BCUT2D eigenvalue weighted by Crippen LogP contribution is -2.52. The van der Waals surface area contributed by atoms with Crippen molar-refractivity contribution in [3.8, 4) is 0 Å². The lowest BCUT2D eigenvalue weighted by atomic mass is 10.1. The van der Waals surface area contributed by atoms with Crippen LogP contribution in [-0.4, -0.2) is 57.8 Å². The van der Waals surface area contributed by atoms with Crippen LogP contribution in [0, 0.1) is 5.92 Å². The number of ether oxygens (including phenoxy) is 2. The summed E-state index contributed by atoms with van der Waals surface area (Å²) in [7, 11) is -3.39. The quantitative estimate of drug-likeness (QED) is 0.784. The Hall–Kier alpha value is -0.210. The predicted octanol–water partition coefficient (Wildman–Crippen LogP) is -0.0335. The van der Waals surface area contributed by atoms with Crippen molar-refractivity contribution >= 4 is 10.2 Å². The molecule has 2 saturated heterocycles. The molecule has 0 aromatic carbocycles. The maximum Gasteiger partial charge on any atom is 0.279 e. The fraction of sp³-hybridized carbons (Fsp3) is 1.00. The van der Waals surface area contributed by atoms with E-state index in [0.29, 0.717) is 32.2 Å². The molecule has 0 unspecified atom stereocenters. The lowest BCUT2D eigenvalue weighted by Gasteiger charge is -2.34. The van der Waals surface area contributed by atoms with Crippen LogP contribution in [0.4, 0.5) is 0 Å². The highest BCUT2D eigenvalue weighted by Crippen LogP contribution is 2.15. The number of morpholine rings is 1. The standard InChI is InChI=1S/C11H22N2O4S/c1-9-6-13(7-10(2)17-9)18(14,15)12-5-11-3-4-16-8-11/h9-12H,3-8H2,1-2H3/t9-,10-,11-/m1/s1. The molecule has 0 bridgehead atoms. The zero-order valence-corrected chi connectivity index (χ0v) is 11.8. The summed E-state index contributed by atoms with van der Waals surface area (Å²) in [6, 6.07) is 0. The highest BCUT2D eigenvalue weighted by atomic mass is 32.2. The van der Waals surface area contributed by atoms with Crippen molar-refractivity contribution in [3.63, 3.8) is 0 Å². The van der Waals surface area contributed by atoms with Crippen LogP contribution in [0.25, 0.3) is 0 Å². The number of hydrogen-bond donors (Lipinski definition) is 1. The molecule has 0 radical (unpaired) electrons. The van der Waals surface area contributed by atoms with Gasteiger partial charge in [-0.05, 0) is 26.2 Å². The Kier molecular flexibility index (Phi) is 4.60. The van der Waals surface area contributed by atoms with Gasteiger partial charge in [0.2, 0.25) is 0 Å². The predicted molar refractivity (Wildman–Crippen MR) is 67.4 cm³/mol. The molecule has 3 atom stereocenters. The minimum absolute atomic E-state index is 0.0554. The normalized spacial score (nSPS) is 34.9. The van der Waals surface area contributed by atoms with E-state index in [1.165, 1.54) is 4.31 Å². The molecule has 7 heteroatoms. The van der Waals surface area contributed by atoms with Crippen LogP contribution in [0.3, 0.4) is 0 Å². The molecule has 2 rings (SSSR count). The number of nitrogens with one attached hydrogen (secondary N) is 1. The second-order valence-electron chi connectivity index (χ2n) is 5.16. The molecule has 0 amide bonds. The van der Waals surface area contributed by atoms with E-state index < -0.39 is 10.2 Å². The van der Waals surface area contributed by atoms with Crippen LogP contribution in [0.1, 0.15) is 20.3 Å². The summed E-state index contributed by atoms with van der Waals surface area (Å²) >= 11 is 0. The fourth-order valence-corrected chi connectivity index (χ4v) is 3.83. The Labute approximate surface area is 109 Å². The minimum Gasteiger partial charge on any atom is -0.381 e. The van der Waals surface area contributed by atoms with Gasteiger partial charge >= 0.3 is 0 Å². The Morgan fingerprint density at radius 1 is 1.28 bits per heavy atom. The van der Waals surface area contributed by atoms with E-state index in [4.69, 9.17) is 9.47 Å². The number of hydrogen-bond acceptors (Lipinski definition) is 4. The number of nitrogens with zero attached hydrogens (tertiary/aromatic N) is 1. The average molecular weight is 278 g/mol. The van der Waals surface area contributed by atoms with E-state index in [2.05, 4.69) is 4.72 Å². The monoisotopic (exact) mass is 278 g/mol. The topological polar surface area (TPSA) is 67.9 Å². The van der Waals surface area contributed by atoms with E-state index in [1.54, 1.807) is 0 Å². The van der Waals surface area contributed by atoms with Crippen LogP contribution in [-0.2, 0) is 19.7 Å². The highest BCUT2D eigenvalue weighted by molar-refractivity contribution is 7.87. The largest absolute Gasteiger partial charge is 0.381 e. The van der Waals surface area contributed by atoms with Gasteiger partial charge in [0.05, 0.1) is 18.8 Å². The van der Waals surface area contributed by atoms with Crippen molar-refractivity contribution in [3.05, 3.63) is 0 Å². The highest BCUT2D eigenvalue weighted by Gasteiger charge is 2.31. The van der Waals surface area contributed by atoms with Crippen molar-refractivity contribution in [1.82, 2.24) is 9.03 Å². The summed E-state index contributed by atoms with van der Waals surface area (Å²) in [5.74, 6) is 0.302. The first-order valence-corrected chi connectivity index (χ1v) is 7.89. The van der Waals surface area contributed by atoms with Crippen molar-refractivity contribution in [1.29, 1.82) is 0 Å². The molecule has 2 aliphatic rings. The first-order chi connectivity index (χ1) is 8.47. The molecule has 0 saturated carbocycles. The van der Waals surface area contributed by atoms with Crippen molar-refractivity contribution < 1.29 is 17.9 Å². The molecule has 0 aromatic heterocycles. The van der Waals surface area contributed by atoms with Gasteiger partial charge in [0.15, 0.2) is 0 Å². The van der Waals surface area contributed by atoms with Gasteiger partial charge < -0.3 is 9.47 Å². The van der Waals surface area contributed by atoms with Crippen molar-refractivity contribution in [2.75, 3.05) is 32.8 Å². The fourth-order valence-electron chi connectivity index (χ4n) is 2.39. The maximum absolute atomic E-state index is 12.2. The van der Waals surface area contributed by atoms with E-state index >= 15 is 0 Å². The lowest BCUT2D eigenvalue weighted by molar-refractivity contribution is -0.0444. The molecule has 1 N–H and O–H groups in total. The van der Waals surface area contributed by atoms with Gasteiger partial charge in [-0.3, -0.25) is 0 Å². The van der Waals surface area contributed by atoms with Gasteiger partial charge in [-0.2, -0.15) is 12.7 Å². The summed E-state index contributed by atoms with van der Waals surface area (Å²) < 4.78 is 39.2. The summed E-state index contributed by atoms with van der Waals surface area (Å²) in [5.41, 5.74) is 0. The minimum atomic E-state index is -3.39. The van der Waals surface area contributed by atoms with Gasteiger partial charge in [-0.25, -0.2) is 4.72 Å². The van der Waals surface area contributed by atoms with Gasteiger partial charge in [0.1, 0.15) is 0 Å². The third kappa shape index (κ3) is 3.64. The molecular formula is C11H22N2O4S. The molecule has 2 aliphatic heterocycles. The molecule has 0 spiro atoms. The van der Waals surface area contributed by atoms with Crippen LogP contribution < -0.4 is 4.72 Å².